The maximum absolute atomic E-state index is 11.6. The number of rotatable bonds is 4. The van der Waals surface area contributed by atoms with Gasteiger partial charge in [0.25, 0.3) is 5.91 Å². The third kappa shape index (κ3) is 2.82. The normalized spacial score (nSPS) is 12.5. The second kappa shape index (κ2) is 4.78. The fraction of sp³-hybridized carbons (Fsp3) is 0.500. The van der Waals surface area contributed by atoms with Gasteiger partial charge in [0, 0.05) is 6.07 Å². The highest BCUT2D eigenvalue weighted by molar-refractivity contribution is 5.94. The minimum atomic E-state index is -1.07. The van der Waals surface area contributed by atoms with Crippen LogP contribution in [0.5, 0.6) is 0 Å². The average molecular weight is 226 g/mol. The van der Waals surface area contributed by atoms with Gasteiger partial charge in [0.2, 0.25) is 0 Å². The van der Waals surface area contributed by atoms with E-state index in [1.807, 2.05) is 0 Å². The summed E-state index contributed by atoms with van der Waals surface area (Å²) in [5.74, 6) is -1.31. The van der Waals surface area contributed by atoms with Gasteiger partial charge >= 0.3 is 5.97 Å². The first kappa shape index (κ1) is 12.2. The molecule has 2 N–H and O–H groups in total. The summed E-state index contributed by atoms with van der Waals surface area (Å²) < 4.78 is 4.73. The first-order chi connectivity index (χ1) is 7.41. The van der Waals surface area contributed by atoms with Gasteiger partial charge in [-0.1, -0.05) is 19.0 Å². The van der Waals surface area contributed by atoms with Crippen LogP contribution in [0.3, 0.4) is 0 Å². The van der Waals surface area contributed by atoms with Crippen molar-refractivity contribution in [3.05, 3.63) is 17.5 Å². The molecule has 16 heavy (non-hydrogen) atoms. The molecule has 0 fully saturated rings. The van der Waals surface area contributed by atoms with Gasteiger partial charge in [-0.3, -0.25) is 4.79 Å². The highest BCUT2D eigenvalue weighted by Crippen LogP contribution is 2.05. The molecule has 1 unspecified atom stereocenters. The first-order valence-corrected chi connectivity index (χ1v) is 4.88. The zero-order valence-electron chi connectivity index (χ0n) is 9.35. The van der Waals surface area contributed by atoms with Crippen molar-refractivity contribution in [3.8, 4) is 0 Å². The zero-order chi connectivity index (χ0) is 12.3. The number of carboxylic acids is 1. The van der Waals surface area contributed by atoms with Gasteiger partial charge in [0.1, 0.15) is 11.8 Å². The average Bonchev–Trinajstić information content (AvgIpc) is 2.59. The van der Waals surface area contributed by atoms with Crippen molar-refractivity contribution in [1.82, 2.24) is 10.5 Å². The fourth-order valence-corrected chi connectivity index (χ4v) is 1.20. The summed E-state index contributed by atoms with van der Waals surface area (Å²) in [6.45, 7) is 5.08. The number of hydrogen-bond acceptors (Lipinski definition) is 4. The van der Waals surface area contributed by atoms with E-state index in [2.05, 4.69) is 10.5 Å². The second-order valence-corrected chi connectivity index (χ2v) is 3.86. The van der Waals surface area contributed by atoms with Gasteiger partial charge < -0.3 is 14.9 Å². The molecular formula is C10H14N2O4. The molecule has 1 aromatic rings. The van der Waals surface area contributed by atoms with E-state index >= 15 is 0 Å². The molecule has 1 aromatic heterocycles. The highest BCUT2D eigenvalue weighted by atomic mass is 16.5. The maximum atomic E-state index is 11.6. The Morgan fingerprint density at radius 2 is 2.12 bits per heavy atom. The molecule has 0 aliphatic rings. The Morgan fingerprint density at radius 3 is 2.50 bits per heavy atom. The predicted octanol–water partition coefficient (Wildman–Crippen LogP) is 0.822. The van der Waals surface area contributed by atoms with Gasteiger partial charge in [-0.25, -0.2) is 4.79 Å². The molecular weight excluding hydrogens is 212 g/mol. The van der Waals surface area contributed by atoms with Crippen LogP contribution in [0.25, 0.3) is 0 Å². The first-order valence-electron chi connectivity index (χ1n) is 4.88. The number of nitrogens with one attached hydrogen (secondary N) is 1. The van der Waals surface area contributed by atoms with Crippen molar-refractivity contribution in [2.75, 3.05) is 0 Å². The summed E-state index contributed by atoms with van der Waals surface area (Å²) in [6.07, 6.45) is 0. The van der Waals surface area contributed by atoms with Gasteiger partial charge in [0.15, 0.2) is 5.69 Å². The smallest absolute Gasteiger partial charge is 0.326 e. The van der Waals surface area contributed by atoms with Crippen LogP contribution in [0.2, 0.25) is 0 Å². The summed E-state index contributed by atoms with van der Waals surface area (Å²) >= 11 is 0. The van der Waals surface area contributed by atoms with Crippen molar-refractivity contribution in [2.45, 2.75) is 26.8 Å². The van der Waals surface area contributed by atoms with Gasteiger partial charge in [-0.05, 0) is 12.8 Å². The van der Waals surface area contributed by atoms with Crippen LogP contribution in [0.15, 0.2) is 10.6 Å². The third-order valence-electron chi connectivity index (χ3n) is 2.08. The summed E-state index contributed by atoms with van der Waals surface area (Å²) in [5.41, 5.74) is 0.0874. The Morgan fingerprint density at radius 1 is 1.50 bits per heavy atom. The minimum Gasteiger partial charge on any atom is -0.480 e. The standard InChI is InChI=1S/C10H14N2O4/c1-5(2)8(10(14)15)11-9(13)7-4-6(3)16-12-7/h4-5,8H,1-3H3,(H,11,13)(H,14,15). The molecule has 88 valence electrons. The van der Waals surface area contributed by atoms with Crippen molar-refractivity contribution in [3.63, 3.8) is 0 Å². The number of carboxylic acid groups (broad SMARTS) is 1. The number of aliphatic carboxylic acids is 1. The van der Waals surface area contributed by atoms with Crippen LogP contribution in [0.1, 0.15) is 30.1 Å². The molecule has 0 aromatic carbocycles. The topological polar surface area (TPSA) is 92.4 Å². The van der Waals surface area contributed by atoms with E-state index in [4.69, 9.17) is 9.63 Å². The number of aryl methyl sites for hydroxylation is 1. The van der Waals surface area contributed by atoms with E-state index in [-0.39, 0.29) is 11.6 Å². The summed E-state index contributed by atoms with van der Waals surface area (Å²) in [6, 6.07) is 0.527. The quantitative estimate of drug-likeness (QED) is 0.792. The van der Waals surface area contributed by atoms with Crippen molar-refractivity contribution < 1.29 is 19.2 Å². The molecule has 0 bridgehead atoms. The number of hydrogen-bond donors (Lipinski definition) is 2. The SMILES string of the molecule is Cc1cc(C(=O)NC(C(=O)O)C(C)C)no1. The predicted molar refractivity (Wildman–Crippen MR) is 55.0 cm³/mol. The molecule has 0 aliphatic heterocycles. The van der Waals surface area contributed by atoms with Crippen molar-refractivity contribution in [2.24, 2.45) is 5.92 Å². The molecule has 1 atom stereocenters. The van der Waals surface area contributed by atoms with Gasteiger partial charge in [-0.15, -0.1) is 0 Å². The number of carbonyl (C=O) groups excluding carboxylic acids is 1. The molecule has 0 spiro atoms. The largest absolute Gasteiger partial charge is 0.480 e. The van der Waals surface area contributed by atoms with Crippen LogP contribution in [0.4, 0.5) is 0 Å². The van der Waals surface area contributed by atoms with E-state index < -0.39 is 17.9 Å². The van der Waals surface area contributed by atoms with Crippen molar-refractivity contribution >= 4 is 11.9 Å². The Kier molecular flexibility index (Phi) is 3.65. The van der Waals surface area contributed by atoms with Crippen LogP contribution in [-0.4, -0.2) is 28.2 Å². The Balaban J connectivity index is 2.73. The summed E-state index contributed by atoms with van der Waals surface area (Å²) in [4.78, 5) is 22.4. The van der Waals surface area contributed by atoms with Gasteiger partial charge in [-0.2, -0.15) is 0 Å². The zero-order valence-corrected chi connectivity index (χ0v) is 9.35. The molecule has 6 nitrogen and oxygen atoms in total. The maximum Gasteiger partial charge on any atom is 0.326 e. The highest BCUT2D eigenvalue weighted by Gasteiger charge is 2.25. The lowest BCUT2D eigenvalue weighted by molar-refractivity contribution is -0.140. The Bertz CT molecular complexity index is 397. The molecule has 1 heterocycles. The number of amides is 1. The Hall–Kier alpha value is -1.85. The summed E-state index contributed by atoms with van der Waals surface area (Å²) in [7, 11) is 0. The molecule has 0 radical (unpaired) electrons. The van der Waals surface area contributed by atoms with Crippen LogP contribution in [-0.2, 0) is 4.79 Å². The fourth-order valence-electron chi connectivity index (χ4n) is 1.20. The van der Waals surface area contributed by atoms with Crippen molar-refractivity contribution in [1.29, 1.82) is 0 Å². The van der Waals surface area contributed by atoms with E-state index in [1.165, 1.54) is 6.07 Å². The van der Waals surface area contributed by atoms with E-state index in [9.17, 15) is 9.59 Å². The summed E-state index contributed by atoms with van der Waals surface area (Å²) in [5, 5.41) is 14.8. The lowest BCUT2D eigenvalue weighted by Gasteiger charge is -2.16. The van der Waals surface area contributed by atoms with E-state index in [1.54, 1.807) is 20.8 Å². The molecule has 1 rings (SSSR count). The molecule has 0 saturated heterocycles. The monoisotopic (exact) mass is 226 g/mol. The number of nitrogens with zero attached hydrogens (tertiary/aromatic N) is 1. The lowest BCUT2D eigenvalue weighted by Crippen LogP contribution is -2.44. The van der Waals surface area contributed by atoms with Crippen LogP contribution < -0.4 is 5.32 Å². The number of carbonyl (C=O) groups is 2. The lowest BCUT2D eigenvalue weighted by atomic mass is 10.0. The van der Waals surface area contributed by atoms with E-state index in [0.29, 0.717) is 5.76 Å². The number of aromatic nitrogens is 1. The molecule has 0 aliphatic carbocycles. The minimum absolute atomic E-state index is 0.0874. The van der Waals surface area contributed by atoms with Crippen LogP contribution in [0, 0.1) is 12.8 Å². The molecule has 0 saturated carbocycles. The molecule has 1 amide bonds. The third-order valence-corrected chi connectivity index (χ3v) is 2.08. The Labute approximate surface area is 92.6 Å². The van der Waals surface area contributed by atoms with Crippen LogP contribution >= 0.6 is 0 Å². The van der Waals surface area contributed by atoms with E-state index in [0.717, 1.165) is 0 Å². The molecule has 6 heteroatoms. The second-order valence-electron chi connectivity index (χ2n) is 3.86. The van der Waals surface area contributed by atoms with Gasteiger partial charge in [0.05, 0.1) is 0 Å².